The SMILES string of the molecule is CC(C)(C)c1ccc2c(n1)[n-]c1ccccc12.CC(C)(C)c1ccc2c(n1)[n-]c1ccccc12.[Pt+2].[Pt+2].[c-]1ccccc1-c1cccc2cccnc12.[c-]1ccccc1-c1cccc2cccnc12. The fourth-order valence-electron chi connectivity index (χ4n) is 7.91. The third-order valence-corrected chi connectivity index (χ3v) is 11.4. The van der Waals surface area contributed by atoms with Crippen molar-refractivity contribution in [3.63, 3.8) is 0 Å². The molecule has 0 atom stereocenters. The van der Waals surface area contributed by atoms with Gasteiger partial charge < -0.3 is 19.9 Å². The molecule has 8 heteroatoms. The van der Waals surface area contributed by atoms with Gasteiger partial charge in [-0.1, -0.05) is 197 Å². The zero-order valence-electron chi connectivity index (χ0n) is 38.8. The van der Waals surface area contributed by atoms with Crippen molar-refractivity contribution in [3.8, 4) is 22.3 Å². The molecule has 0 fully saturated rings. The molecule has 6 aromatic heterocycles. The number of benzene rings is 6. The molecule has 0 saturated carbocycles. The summed E-state index contributed by atoms with van der Waals surface area (Å²) in [4.78, 5) is 27.4. The van der Waals surface area contributed by atoms with Crippen LogP contribution in [0.25, 0.3) is 87.9 Å². The number of rotatable bonds is 2. The molecule has 0 bridgehead atoms. The van der Waals surface area contributed by atoms with E-state index in [-0.39, 0.29) is 53.0 Å². The Labute approximate surface area is 427 Å². The van der Waals surface area contributed by atoms with Gasteiger partial charge in [-0.05, 0) is 66.3 Å². The molecule has 0 aliphatic heterocycles. The summed E-state index contributed by atoms with van der Waals surface area (Å²) in [6.45, 7) is 13.0. The monoisotopic (exact) mass is 1240 g/mol. The predicted octanol–water partition coefficient (Wildman–Crippen LogP) is 14.7. The Balaban J connectivity index is 0.000000133. The van der Waals surface area contributed by atoms with E-state index in [0.29, 0.717) is 0 Å². The van der Waals surface area contributed by atoms with Gasteiger partial charge in [-0.15, -0.1) is 71.8 Å². The molecule has 0 unspecified atom stereocenters. The van der Waals surface area contributed by atoms with Crippen LogP contribution in [0.5, 0.6) is 0 Å². The first kappa shape index (κ1) is 49.3. The first-order valence-electron chi connectivity index (χ1n) is 22.3. The van der Waals surface area contributed by atoms with Crippen LogP contribution in [0.15, 0.2) is 194 Å². The maximum Gasteiger partial charge on any atom is 2.00 e. The van der Waals surface area contributed by atoms with Gasteiger partial charge in [0.2, 0.25) is 0 Å². The van der Waals surface area contributed by atoms with Crippen LogP contribution in [-0.4, -0.2) is 19.9 Å². The van der Waals surface area contributed by atoms with Crippen molar-refractivity contribution in [2.45, 2.75) is 52.4 Å². The van der Waals surface area contributed by atoms with Crippen molar-refractivity contribution >= 4 is 65.7 Å². The maximum atomic E-state index is 4.67. The van der Waals surface area contributed by atoms with Gasteiger partial charge in [0.1, 0.15) is 0 Å². The van der Waals surface area contributed by atoms with E-state index in [1.54, 1.807) is 0 Å². The second kappa shape index (κ2) is 21.6. The predicted molar refractivity (Wildman–Crippen MR) is 275 cm³/mol. The molecule has 0 spiro atoms. The Morgan fingerprint density at radius 3 is 1.18 bits per heavy atom. The van der Waals surface area contributed by atoms with Crippen LogP contribution in [0.4, 0.5) is 0 Å². The van der Waals surface area contributed by atoms with Crippen LogP contribution < -0.4 is 9.97 Å². The molecule has 12 rings (SSSR count). The second-order valence-electron chi connectivity index (χ2n) is 18.2. The summed E-state index contributed by atoms with van der Waals surface area (Å²) in [5, 5.41) is 7.00. The third-order valence-electron chi connectivity index (χ3n) is 11.4. The number of aromatic nitrogens is 6. The van der Waals surface area contributed by atoms with Crippen molar-refractivity contribution in [1.82, 2.24) is 29.9 Å². The Hall–Kier alpha value is -6.58. The summed E-state index contributed by atoms with van der Waals surface area (Å²) < 4.78 is 0. The molecule has 12 aromatic rings. The molecule has 0 amide bonds. The van der Waals surface area contributed by atoms with E-state index in [0.717, 1.165) is 88.5 Å². The molecule has 0 saturated heterocycles. The van der Waals surface area contributed by atoms with E-state index >= 15 is 0 Å². The van der Waals surface area contributed by atoms with E-state index < -0.39 is 0 Å². The minimum Gasteiger partial charge on any atom is -0.439 e. The van der Waals surface area contributed by atoms with Gasteiger partial charge >= 0.3 is 42.1 Å². The summed E-state index contributed by atoms with van der Waals surface area (Å²) in [6.07, 6.45) is 3.66. The first-order valence-corrected chi connectivity index (χ1v) is 22.3. The standard InChI is InChI=1S/2C15H15N2.2C15H10N.2Pt/c2*1-15(2,3)13-9-8-11-10-6-4-5-7-12(10)16-14(11)17-13;2*1-2-6-12(7-3-1)14-10-4-8-13-9-5-11-16-15(13)14;;/h2*4-9H,1-3H3;2*1-6,8-11H;;/q4*-1;2*+2. The number of pyridine rings is 4. The number of para-hydroxylation sites is 4. The van der Waals surface area contributed by atoms with E-state index in [1.807, 2.05) is 97.3 Å². The molecule has 6 aromatic carbocycles. The largest absolute Gasteiger partial charge is 2.00 e. The van der Waals surface area contributed by atoms with Gasteiger partial charge in [0.25, 0.3) is 0 Å². The van der Waals surface area contributed by atoms with Crippen molar-refractivity contribution in [2.75, 3.05) is 0 Å². The van der Waals surface area contributed by atoms with Crippen LogP contribution in [0.3, 0.4) is 0 Å². The van der Waals surface area contributed by atoms with Crippen molar-refractivity contribution in [3.05, 3.63) is 218 Å². The Kier molecular flexibility index (Phi) is 15.7. The molecule has 0 radical (unpaired) electrons. The number of hydrogen-bond acceptors (Lipinski definition) is 4. The zero-order valence-corrected chi connectivity index (χ0v) is 43.3. The van der Waals surface area contributed by atoms with Crippen LogP contribution in [0.1, 0.15) is 52.9 Å². The Morgan fingerprint density at radius 2 is 0.779 bits per heavy atom. The van der Waals surface area contributed by atoms with Gasteiger partial charge in [0.15, 0.2) is 0 Å². The third kappa shape index (κ3) is 11.1. The second-order valence-corrected chi connectivity index (χ2v) is 18.2. The minimum absolute atomic E-state index is 0. The minimum atomic E-state index is 0. The molecule has 0 aliphatic carbocycles. The smallest absolute Gasteiger partial charge is 0.439 e. The van der Waals surface area contributed by atoms with E-state index in [9.17, 15) is 0 Å². The number of nitrogens with zero attached hydrogens (tertiary/aromatic N) is 6. The van der Waals surface area contributed by atoms with Crippen molar-refractivity contribution in [1.29, 1.82) is 0 Å². The number of hydrogen-bond donors (Lipinski definition) is 0. The van der Waals surface area contributed by atoms with Crippen molar-refractivity contribution in [2.24, 2.45) is 0 Å². The molecule has 6 nitrogen and oxygen atoms in total. The topological polar surface area (TPSA) is 79.8 Å². The molecule has 6 heterocycles. The first-order chi connectivity index (χ1) is 32.0. The van der Waals surface area contributed by atoms with E-state index in [2.05, 4.69) is 181 Å². The Bertz CT molecular complexity index is 3320. The van der Waals surface area contributed by atoms with Crippen LogP contribution in [0, 0.1) is 12.1 Å². The van der Waals surface area contributed by atoms with Gasteiger partial charge in [0, 0.05) is 23.4 Å². The fraction of sp³-hybridized carbons (Fsp3) is 0.133. The van der Waals surface area contributed by atoms with Crippen LogP contribution in [-0.2, 0) is 53.0 Å². The molecular formula is C60H50N6Pt2. The van der Waals surface area contributed by atoms with Gasteiger partial charge in [-0.3, -0.25) is 9.97 Å². The summed E-state index contributed by atoms with van der Waals surface area (Å²) in [5.41, 5.74) is 12.6. The summed E-state index contributed by atoms with van der Waals surface area (Å²) in [6, 6.07) is 67.8. The van der Waals surface area contributed by atoms with Gasteiger partial charge in [-0.25, -0.2) is 0 Å². The van der Waals surface area contributed by atoms with E-state index in [4.69, 9.17) is 0 Å². The van der Waals surface area contributed by atoms with E-state index in [1.165, 1.54) is 10.8 Å². The number of fused-ring (bicyclic) bond motifs is 8. The molecular weight excluding hydrogens is 1190 g/mol. The van der Waals surface area contributed by atoms with Gasteiger partial charge in [-0.2, -0.15) is 0 Å². The Morgan fingerprint density at radius 1 is 0.382 bits per heavy atom. The van der Waals surface area contributed by atoms with Crippen LogP contribution >= 0.6 is 0 Å². The zero-order chi connectivity index (χ0) is 45.7. The normalized spacial score (nSPS) is 11.1. The summed E-state index contributed by atoms with van der Waals surface area (Å²) >= 11 is 0. The fourth-order valence-corrected chi connectivity index (χ4v) is 7.91. The molecule has 0 aliphatic rings. The average Bonchev–Trinajstić information content (AvgIpc) is 3.92. The molecule has 0 N–H and O–H groups in total. The average molecular weight is 1250 g/mol. The van der Waals surface area contributed by atoms with Gasteiger partial charge in [0.05, 0.1) is 0 Å². The molecule has 68 heavy (non-hydrogen) atoms. The summed E-state index contributed by atoms with van der Waals surface area (Å²) in [7, 11) is 0. The van der Waals surface area contributed by atoms with Crippen molar-refractivity contribution < 1.29 is 42.1 Å². The summed E-state index contributed by atoms with van der Waals surface area (Å²) in [5.74, 6) is 0. The molecule has 340 valence electrons. The quantitative estimate of drug-likeness (QED) is 0.160. The maximum absolute atomic E-state index is 4.67. The van der Waals surface area contributed by atoms with Crippen LogP contribution in [0.2, 0.25) is 0 Å².